The second-order valence-electron chi connectivity index (χ2n) is 38.2. The zero-order valence-electron chi connectivity index (χ0n) is 111. The van der Waals surface area contributed by atoms with Crippen molar-refractivity contribution in [2.24, 2.45) is 16.2 Å². The van der Waals surface area contributed by atoms with Gasteiger partial charge in [0.05, 0.1) is 22.2 Å². The zero-order chi connectivity index (χ0) is 126. The van der Waals surface area contributed by atoms with Gasteiger partial charge in [-0.3, -0.25) is 0 Å². The van der Waals surface area contributed by atoms with Gasteiger partial charge < -0.3 is 43.2 Å². The molecule has 21 aromatic rings. The van der Waals surface area contributed by atoms with Gasteiger partial charge in [-0.2, -0.15) is 13.2 Å². The molecule has 15 heteroatoms. The zero-order valence-corrected chi connectivity index (χ0v) is 87.7. The van der Waals surface area contributed by atoms with Crippen molar-refractivity contribution in [3.05, 3.63) is 395 Å². The normalized spacial score (nSPS) is 19.6. The van der Waals surface area contributed by atoms with Gasteiger partial charge >= 0.3 is 6.18 Å². The molecule has 4 aliphatic carbocycles. The number of rotatable bonds is 10. The predicted octanol–water partition coefficient (Wildman–Crippen LogP) is 36.6. The Bertz CT molecular complexity index is 9260. The minimum Gasteiger partial charge on any atom is -0.500 e. The quantitative estimate of drug-likeness (QED) is 0.123. The van der Waals surface area contributed by atoms with Crippen molar-refractivity contribution in [2.45, 2.75) is 215 Å². The van der Waals surface area contributed by atoms with Crippen LogP contribution in [0.25, 0.3) is 166 Å². The maximum atomic E-state index is 13.9. The number of hydrogen-bond donors (Lipinski definition) is 0. The van der Waals surface area contributed by atoms with Crippen molar-refractivity contribution in [2.75, 3.05) is 0 Å². The van der Waals surface area contributed by atoms with Crippen LogP contribution < -0.4 is 0 Å². The Kier molecular flexibility index (Phi) is 22.8. The smallest absolute Gasteiger partial charge is 0.394 e. The van der Waals surface area contributed by atoms with E-state index in [9.17, 15) is 15.9 Å². The molecule has 0 atom stereocenters. The van der Waals surface area contributed by atoms with E-state index in [1.807, 2.05) is 115 Å². The molecule has 4 saturated carbocycles. The molecule has 2 spiro atoms. The summed E-state index contributed by atoms with van der Waals surface area (Å²) in [5, 5.41) is 11.7. The number of fused-ring (bicyclic) bond motifs is 15. The van der Waals surface area contributed by atoms with Gasteiger partial charge in [-0.25, -0.2) is 0 Å². The summed E-state index contributed by atoms with van der Waals surface area (Å²) in [6.07, 6.45) is 19.0. The van der Waals surface area contributed by atoms with Crippen molar-refractivity contribution in [1.82, 2.24) is 29.9 Å². The fourth-order valence-electron chi connectivity index (χ4n) is 20.6. The van der Waals surface area contributed by atoms with E-state index in [0.29, 0.717) is 123 Å². The molecule has 0 bridgehead atoms. The van der Waals surface area contributed by atoms with Crippen molar-refractivity contribution < 1.29 is 129 Å². The van der Waals surface area contributed by atoms with Crippen LogP contribution in [0, 0.1) is 114 Å². The summed E-state index contributed by atoms with van der Waals surface area (Å²) >= 11 is 0. The van der Waals surface area contributed by atoms with Crippen molar-refractivity contribution >= 4 is 98.1 Å². The fourth-order valence-corrected chi connectivity index (χ4v) is 20.6. The molecule has 0 unspecified atom stereocenters. The number of alkyl halides is 3. The van der Waals surface area contributed by atoms with E-state index < -0.39 is 103 Å². The number of aryl methyl sites for hydroxylation is 9. The molecule has 751 valence electrons. The van der Waals surface area contributed by atoms with Gasteiger partial charge in [0, 0.05) is 172 Å². The number of halogens is 3. The van der Waals surface area contributed by atoms with Gasteiger partial charge in [-0.1, -0.05) is 262 Å². The van der Waals surface area contributed by atoms with Gasteiger partial charge in [0.15, 0.2) is 0 Å². The van der Waals surface area contributed by atoms with Gasteiger partial charge in [0.2, 0.25) is 0 Å². The average molecular weight is 2500 g/mol. The molecule has 0 aliphatic heterocycles. The van der Waals surface area contributed by atoms with Crippen molar-refractivity contribution in [3.8, 4) is 67.5 Å². The van der Waals surface area contributed by atoms with Gasteiger partial charge in [-0.05, 0) is 254 Å². The van der Waals surface area contributed by atoms with E-state index in [1.165, 1.54) is 131 Å². The summed E-state index contributed by atoms with van der Waals surface area (Å²) in [7, 11) is 0. The summed E-state index contributed by atoms with van der Waals surface area (Å²) in [4.78, 5) is 25.7. The molecule has 0 saturated heterocycles. The third kappa shape index (κ3) is 23.2. The average Bonchev–Trinajstić information content (AvgIpc) is 1.31. The monoisotopic (exact) mass is 2510 g/mol. The topological polar surface area (TPSA) is 117 Å². The first-order valence-electron chi connectivity index (χ1n) is 64.0. The minimum absolute atomic E-state index is 0. The molecule has 3 radical (unpaired) electrons. The molecule has 147 heavy (non-hydrogen) atoms. The van der Waals surface area contributed by atoms with Crippen LogP contribution in [0.15, 0.2) is 305 Å². The number of nitrogens with zero attached hydrogens (tertiary/aromatic N) is 6. The second-order valence-corrected chi connectivity index (χ2v) is 38.2. The molecule has 9 nitrogen and oxygen atoms in total. The SMILES string of the molecule is [2H]C([2H])([2H])c1c[c-]c(-c2cc(C([2H])([2H])[2H])c(C([2H])([2H])[2H])cn2)cc1.[2H]C([2H])([2H])c1c[c-]c(-c2ccc(C([2H])([2H])[2H])cn2)cc1.[2H]C([2H])([2H])c1ccc(-c2[c-]cccc2)nc1.[2H]C([2H])([2H])c1cnc(-c2[c-]ccc3c2oc2c4ccccc4ccc32)cc1C([2H])([2H])C(C)(C)C(F)(F)F.[2H]C([2H])([2H])c1cnc(-c2[c-]ccc3c2oc2c4ccccc4ccc32)cc1C1([2H])CCC2(CCCCC2)CC1.[2H]C([2H])([2H])c1cnc(-c2[c-]ccc3c2oc2c4ccccc4ccc32)cc1C1([2H])CCC2(CCCCC2)CC1.[Ir].[Ir].[Ir]. The van der Waals surface area contributed by atoms with E-state index in [-0.39, 0.29) is 122 Å². The van der Waals surface area contributed by atoms with Crippen molar-refractivity contribution in [1.29, 1.82) is 0 Å². The standard InChI is InChI=1S/2C33H32NO.C27H21F3NO.C14H14N.C13H12N.C12H10N.3Ir/c2*1-22-21-34-30(20-29(22)24-14-18-33(19-15-24)16-5-2-6-17-33)28-11-7-10-26-27-13-12-23-8-3-4-9-25(23)31(27)35-32(26)28;1-16-15-31-23(13-18(16)14-26(2,3)27(28,29)30)22-10-6-9-20-21-12-11-17-7-4-5-8-19(17)24(21)32-25(20)22;1-10-4-6-13(7-5-10)14-8-11(2)12(3)9-15-14;1-10-3-6-12(7-4-10)13-8-5-11(2)9-14-13;1-10-7-8-12(13-9-10)11-5-3-2-4-6-11;;;/h2*3-4,7-10,12-13,20-21,24H,2,5-6,14-19H2,1H3;4-9,11-13,15H,14H2,1-3H3;4-6,8-9H,1-3H3;3-6,8-9H,1-2H3;2-5,7-9H,1H3;;;/q6*-1;;;/i2*1D3,24D;1D3,14D2;1D3,2D3,3D3;1D3,2D3;1D3;;;. The van der Waals surface area contributed by atoms with Crippen LogP contribution in [0.1, 0.15) is 250 Å². The first kappa shape index (κ1) is 72.7. The first-order valence-corrected chi connectivity index (χ1v) is 48.5. The maximum absolute atomic E-state index is 13.9. The Morgan fingerprint density at radius 3 is 1.07 bits per heavy atom. The van der Waals surface area contributed by atoms with Gasteiger partial charge in [-0.15, -0.1) is 161 Å². The van der Waals surface area contributed by atoms with E-state index >= 15 is 0 Å². The molecule has 9 heterocycles. The largest absolute Gasteiger partial charge is 0.500 e. The molecule has 25 rings (SSSR count). The van der Waals surface area contributed by atoms with Gasteiger partial charge in [0.1, 0.15) is 16.7 Å². The number of pyridine rings is 6. The summed E-state index contributed by atoms with van der Waals surface area (Å²) in [5.74, 6) is -1.88. The van der Waals surface area contributed by atoms with Crippen LogP contribution in [-0.4, -0.2) is 36.1 Å². The third-order valence-electron chi connectivity index (χ3n) is 28.6. The summed E-state index contributed by atoms with van der Waals surface area (Å²) in [6, 6.07) is 94.2. The predicted molar refractivity (Wildman–Crippen MR) is 585 cm³/mol. The maximum Gasteiger partial charge on any atom is 0.394 e. The Balaban J connectivity index is 0.000000144. The van der Waals surface area contributed by atoms with Crippen molar-refractivity contribution in [3.63, 3.8) is 0 Å². The molecule has 4 aliphatic rings. The molecular formula is C132H121F3Ir3N6O3-6. The first-order chi connectivity index (χ1) is 82.2. The minimum atomic E-state index is -4.95. The Hall–Kier alpha value is -12.5. The fraction of sp³-hybridized carbons (Fsp3) is 0.273. The van der Waals surface area contributed by atoms with Crippen LogP contribution in [0.4, 0.5) is 13.2 Å². The molecule has 4 fully saturated rings. The van der Waals surface area contributed by atoms with E-state index in [0.717, 1.165) is 131 Å². The van der Waals surface area contributed by atoms with Crippen LogP contribution >= 0.6 is 0 Å². The van der Waals surface area contributed by atoms with Gasteiger partial charge in [0.25, 0.3) is 0 Å². The van der Waals surface area contributed by atoms with E-state index in [2.05, 4.69) is 115 Å². The van der Waals surface area contributed by atoms with Crippen LogP contribution in [0.2, 0.25) is 0 Å². The van der Waals surface area contributed by atoms with Crippen LogP contribution in [0.5, 0.6) is 0 Å². The second kappa shape index (κ2) is 46.1. The van der Waals surface area contributed by atoms with Crippen LogP contribution in [0.3, 0.4) is 0 Å². The third-order valence-corrected chi connectivity index (χ3v) is 28.6. The molecule has 0 N–H and O–H groups in total. The molecular weight excluding hydrogens is 2350 g/mol. The summed E-state index contributed by atoms with van der Waals surface area (Å²) in [5.41, 5.74) is 8.60. The molecule has 0 amide bonds. The van der Waals surface area contributed by atoms with E-state index in [4.69, 9.17) is 53.0 Å². The Morgan fingerprint density at radius 1 is 0.320 bits per heavy atom. The molecule has 12 aromatic carbocycles. The summed E-state index contributed by atoms with van der Waals surface area (Å²) < 4.78 is 302. The van der Waals surface area contributed by atoms with Crippen LogP contribution in [-0.2, 0) is 66.7 Å². The Labute approximate surface area is 946 Å². The number of hydrogen-bond acceptors (Lipinski definition) is 9. The summed E-state index contributed by atoms with van der Waals surface area (Å²) in [6.45, 7) is -20.0. The Morgan fingerprint density at radius 2 is 0.687 bits per heavy atom. The van der Waals surface area contributed by atoms with E-state index in [1.54, 1.807) is 42.5 Å². The number of furan rings is 3. The number of aromatic nitrogens is 6. The number of benzene rings is 12. The molecule has 9 aromatic heterocycles.